The smallest absolute Gasteiger partial charge is 0.386 e. The van der Waals surface area contributed by atoms with Crippen molar-refractivity contribution in [3.63, 3.8) is 0 Å². The van der Waals surface area contributed by atoms with Gasteiger partial charge in [-0.3, -0.25) is 9.59 Å². The van der Waals surface area contributed by atoms with Gasteiger partial charge >= 0.3 is 6.18 Å². The molecule has 37 heavy (non-hydrogen) atoms. The number of oxime groups is 1. The van der Waals surface area contributed by atoms with E-state index in [1.54, 1.807) is 22.9 Å². The van der Waals surface area contributed by atoms with Crippen LogP contribution in [0.1, 0.15) is 46.0 Å². The summed E-state index contributed by atoms with van der Waals surface area (Å²) in [6.07, 6.45) is -4.49. The lowest BCUT2D eigenvalue weighted by Gasteiger charge is -2.52. The van der Waals surface area contributed by atoms with Crippen molar-refractivity contribution < 1.29 is 27.6 Å². The molecular formula is C25H19Cl3F3N3O3. The minimum Gasteiger partial charge on any atom is -0.386 e. The second kappa shape index (κ2) is 8.25. The van der Waals surface area contributed by atoms with Crippen molar-refractivity contribution in [2.75, 3.05) is 20.1 Å². The molecular weight excluding hydrogens is 554 g/mol. The molecule has 3 heterocycles. The van der Waals surface area contributed by atoms with Crippen molar-refractivity contribution in [3.8, 4) is 0 Å². The number of hydrogen-bond acceptors (Lipinski definition) is 4. The average Bonchev–Trinajstić information content (AvgIpc) is 3.52. The van der Waals surface area contributed by atoms with E-state index >= 15 is 0 Å². The Morgan fingerprint density at radius 3 is 2.35 bits per heavy atom. The molecule has 2 aromatic carbocycles. The Morgan fingerprint density at radius 2 is 1.76 bits per heavy atom. The van der Waals surface area contributed by atoms with Crippen LogP contribution in [-0.4, -0.2) is 53.6 Å². The van der Waals surface area contributed by atoms with E-state index in [1.807, 2.05) is 0 Å². The standard InChI is InChI=1S/C25H19Cl3F3N3O3/c1-33-23(36)14-6-12(4-5-15(14)24(33)9-34(10-24)22(35)11-2-3-11)20-18(25(29,30)31)21(37-32-20)13-7-16(26)19(28)17(27)8-13/h4-8,11,18,21H,2-3,9-10H2,1H3. The highest BCUT2D eigenvalue weighted by Gasteiger charge is 2.58. The Morgan fingerprint density at radius 1 is 1.11 bits per heavy atom. The molecule has 2 fully saturated rings. The maximum absolute atomic E-state index is 14.3. The summed E-state index contributed by atoms with van der Waals surface area (Å²) >= 11 is 18.0. The first-order valence-corrected chi connectivity index (χ1v) is 12.7. The molecule has 6 nitrogen and oxygen atoms in total. The zero-order chi connectivity index (χ0) is 26.4. The minimum absolute atomic E-state index is 0.00619. The first-order valence-electron chi connectivity index (χ1n) is 11.6. The number of hydrogen-bond donors (Lipinski definition) is 0. The number of benzene rings is 2. The van der Waals surface area contributed by atoms with Gasteiger partial charge in [-0.1, -0.05) is 52.1 Å². The molecule has 0 N–H and O–H groups in total. The molecule has 2 atom stereocenters. The second-order valence-electron chi connectivity index (χ2n) is 9.95. The average molecular weight is 573 g/mol. The number of carbonyl (C=O) groups excluding carboxylic acids is 2. The predicted molar refractivity (Wildman–Crippen MR) is 131 cm³/mol. The van der Waals surface area contributed by atoms with E-state index in [4.69, 9.17) is 39.6 Å². The van der Waals surface area contributed by atoms with Gasteiger partial charge in [0.2, 0.25) is 5.91 Å². The maximum atomic E-state index is 14.3. The SMILES string of the molecule is CN1C(=O)c2cc(C3=NOC(c4cc(Cl)c(Cl)c(Cl)c4)C3C(F)(F)F)ccc2C12CN(C(=O)C1CC1)C2. The summed E-state index contributed by atoms with van der Waals surface area (Å²) in [5.41, 5.74) is 0.164. The number of likely N-dealkylation sites (N-methyl/N-ethyl adjacent to an activating group) is 1. The van der Waals surface area contributed by atoms with Gasteiger partial charge in [0.15, 0.2) is 6.10 Å². The number of nitrogens with zero attached hydrogens (tertiary/aromatic N) is 3. The minimum atomic E-state index is -4.72. The monoisotopic (exact) mass is 571 g/mol. The summed E-state index contributed by atoms with van der Waals surface area (Å²) in [6.45, 7) is 0.735. The van der Waals surface area contributed by atoms with Crippen molar-refractivity contribution in [2.45, 2.75) is 30.7 Å². The molecule has 0 aromatic heterocycles. The van der Waals surface area contributed by atoms with Gasteiger partial charge in [-0.25, -0.2) is 0 Å². The van der Waals surface area contributed by atoms with Gasteiger partial charge in [-0.05, 0) is 42.2 Å². The lowest BCUT2D eigenvalue weighted by atomic mass is 9.80. The van der Waals surface area contributed by atoms with Gasteiger partial charge in [0.05, 0.1) is 28.2 Å². The molecule has 0 bridgehead atoms. The maximum Gasteiger partial charge on any atom is 0.401 e. The Balaban J connectivity index is 1.33. The molecule has 1 aliphatic carbocycles. The molecule has 6 rings (SSSR count). The zero-order valence-corrected chi connectivity index (χ0v) is 21.5. The molecule has 1 saturated heterocycles. The topological polar surface area (TPSA) is 62.2 Å². The third-order valence-corrected chi connectivity index (χ3v) is 8.88. The van der Waals surface area contributed by atoms with Crippen molar-refractivity contribution in [1.29, 1.82) is 0 Å². The molecule has 2 amide bonds. The highest BCUT2D eigenvalue weighted by Crippen LogP contribution is 2.49. The van der Waals surface area contributed by atoms with Gasteiger partial charge < -0.3 is 14.6 Å². The summed E-state index contributed by atoms with van der Waals surface area (Å²) in [4.78, 5) is 34.2. The van der Waals surface area contributed by atoms with E-state index in [1.165, 1.54) is 24.3 Å². The number of carbonyl (C=O) groups is 2. The van der Waals surface area contributed by atoms with Crippen LogP contribution in [0.3, 0.4) is 0 Å². The van der Waals surface area contributed by atoms with Gasteiger partial charge in [-0.2, -0.15) is 13.2 Å². The Labute approximate surface area is 224 Å². The molecule has 4 aliphatic rings. The number of fused-ring (bicyclic) bond motifs is 2. The molecule has 3 aliphatic heterocycles. The van der Waals surface area contributed by atoms with Crippen LogP contribution in [0.15, 0.2) is 35.5 Å². The van der Waals surface area contributed by atoms with Crippen LogP contribution in [0.5, 0.6) is 0 Å². The summed E-state index contributed by atoms with van der Waals surface area (Å²) in [7, 11) is 1.65. The van der Waals surface area contributed by atoms with E-state index in [9.17, 15) is 22.8 Å². The van der Waals surface area contributed by atoms with Crippen LogP contribution in [0.25, 0.3) is 0 Å². The first kappa shape index (κ1) is 24.8. The fourth-order valence-electron chi connectivity index (χ4n) is 5.48. The van der Waals surface area contributed by atoms with Gasteiger partial charge in [0.25, 0.3) is 5.91 Å². The van der Waals surface area contributed by atoms with Gasteiger partial charge in [0.1, 0.15) is 17.2 Å². The van der Waals surface area contributed by atoms with Gasteiger partial charge in [-0.15, -0.1) is 0 Å². The molecule has 1 saturated carbocycles. The number of alkyl halides is 3. The summed E-state index contributed by atoms with van der Waals surface area (Å²) < 4.78 is 43.0. The summed E-state index contributed by atoms with van der Waals surface area (Å²) in [6, 6.07) is 7.15. The van der Waals surface area contributed by atoms with Crippen LogP contribution in [0.4, 0.5) is 13.2 Å². The predicted octanol–water partition coefficient (Wildman–Crippen LogP) is 5.83. The Bertz CT molecular complexity index is 1360. The number of halogens is 6. The molecule has 2 aromatic rings. The summed E-state index contributed by atoms with van der Waals surface area (Å²) in [5.74, 6) is -2.28. The Hall–Kier alpha value is -2.49. The van der Waals surface area contributed by atoms with Crippen LogP contribution in [0, 0.1) is 11.8 Å². The highest BCUT2D eigenvalue weighted by atomic mass is 35.5. The van der Waals surface area contributed by atoms with Crippen LogP contribution < -0.4 is 0 Å². The van der Waals surface area contributed by atoms with Crippen LogP contribution in [0.2, 0.25) is 15.1 Å². The zero-order valence-electron chi connectivity index (χ0n) is 19.3. The third kappa shape index (κ3) is 3.72. The van der Waals surface area contributed by atoms with Gasteiger partial charge in [0, 0.05) is 24.1 Å². The lowest BCUT2D eigenvalue weighted by molar-refractivity contribution is -0.177. The lowest BCUT2D eigenvalue weighted by Crippen LogP contribution is -2.66. The van der Waals surface area contributed by atoms with Crippen molar-refractivity contribution in [1.82, 2.24) is 9.80 Å². The van der Waals surface area contributed by atoms with E-state index in [0.717, 1.165) is 12.8 Å². The highest BCUT2D eigenvalue weighted by molar-refractivity contribution is 6.48. The Kier molecular flexibility index (Phi) is 5.54. The van der Waals surface area contributed by atoms with Crippen LogP contribution in [-0.2, 0) is 15.2 Å². The molecule has 0 radical (unpaired) electrons. The van der Waals surface area contributed by atoms with E-state index in [2.05, 4.69) is 5.16 Å². The van der Waals surface area contributed by atoms with Crippen molar-refractivity contribution in [2.24, 2.45) is 17.0 Å². The fourth-order valence-corrected chi connectivity index (χ4v) is 6.09. The van der Waals surface area contributed by atoms with Crippen LogP contribution >= 0.6 is 34.8 Å². The number of likely N-dealkylation sites (tertiary alicyclic amines) is 1. The molecule has 1 spiro atoms. The molecule has 12 heteroatoms. The van der Waals surface area contributed by atoms with E-state index in [0.29, 0.717) is 24.2 Å². The number of amides is 2. The fraction of sp³-hybridized carbons (Fsp3) is 0.400. The van der Waals surface area contributed by atoms with E-state index in [-0.39, 0.29) is 49.6 Å². The van der Waals surface area contributed by atoms with E-state index < -0.39 is 23.7 Å². The first-order chi connectivity index (χ1) is 17.4. The normalized spacial score (nSPS) is 24.2. The van der Waals surface area contributed by atoms with Crippen molar-refractivity contribution in [3.05, 3.63) is 67.7 Å². The third-order valence-electron chi connectivity index (χ3n) is 7.69. The summed E-state index contributed by atoms with van der Waals surface area (Å²) in [5, 5.41) is 3.81. The number of rotatable bonds is 3. The van der Waals surface area contributed by atoms with Crippen molar-refractivity contribution >= 4 is 52.3 Å². The molecule has 2 unspecified atom stereocenters. The second-order valence-corrected chi connectivity index (χ2v) is 11.1. The largest absolute Gasteiger partial charge is 0.401 e. The molecule has 194 valence electrons. The quantitative estimate of drug-likeness (QED) is 0.435.